The van der Waals surface area contributed by atoms with Crippen LogP contribution in [0.15, 0.2) is 48.5 Å². The van der Waals surface area contributed by atoms with E-state index in [1.54, 1.807) is 35.0 Å². The van der Waals surface area contributed by atoms with E-state index >= 15 is 0 Å². The van der Waals surface area contributed by atoms with Crippen LogP contribution in [0.3, 0.4) is 0 Å². The second kappa shape index (κ2) is 10.2. The Labute approximate surface area is 172 Å². The predicted octanol–water partition coefficient (Wildman–Crippen LogP) is 4.26. The molecule has 6 heteroatoms. The van der Waals surface area contributed by atoms with E-state index in [-0.39, 0.29) is 0 Å². The molecule has 0 saturated carbocycles. The lowest BCUT2D eigenvalue weighted by molar-refractivity contribution is 0.0413. The normalized spacial score (nSPS) is 13.3. The summed E-state index contributed by atoms with van der Waals surface area (Å²) in [7, 11) is 3.18. The maximum Gasteiger partial charge on any atom is 0.407 e. The molecular weight excluding hydrogens is 370 g/mol. The molecule has 2 atom stereocenters. The number of alkyl carbamates (subject to hydrolysis) is 1. The molecule has 0 aromatic heterocycles. The van der Waals surface area contributed by atoms with E-state index in [9.17, 15) is 9.90 Å². The van der Waals surface area contributed by atoms with Crippen molar-refractivity contribution in [1.82, 2.24) is 5.32 Å². The van der Waals surface area contributed by atoms with Gasteiger partial charge in [-0.2, -0.15) is 0 Å². The maximum absolute atomic E-state index is 12.3. The molecule has 0 fully saturated rings. The molecule has 0 spiro atoms. The van der Waals surface area contributed by atoms with Crippen molar-refractivity contribution in [3.8, 4) is 11.5 Å². The third-order valence-corrected chi connectivity index (χ3v) is 4.42. The van der Waals surface area contributed by atoms with Crippen molar-refractivity contribution < 1.29 is 24.1 Å². The SMILES string of the molecule is COc1ccc(CC[C@@H](NC(=O)OC(C)(C)C)[C@H](O)c2ccccc2)cc1OC. The van der Waals surface area contributed by atoms with Gasteiger partial charge in [0.2, 0.25) is 0 Å². The number of ether oxygens (including phenoxy) is 3. The van der Waals surface area contributed by atoms with Gasteiger partial charge in [0, 0.05) is 0 Å². The van der Waals surface area contributed by atoms with Crippen molar-refractivity contribution in [2.24, 2.45) is 0 Å². The third-order valence-electron chi connectivity index (χ3n) is 4.42. The van der Waals surface area contributed by atoms with Crippen LogP contribution in [0, 0.1) is 0 Å². The van der Waals surface area contributed by atoms with E-state index in [0.29, 0.717) is 24.3 Å². The fourth-order valence-electron chi connectivity index (χ4n) is 3.01. The number of benzene rings is 2. The number of carbonyl (C=O) groups excluding carboxylic acids is 1. The van der Waals surface area contributed by atoms with E-state index in [4.69, 9.17) is 14.2 Å². The highest BCUT2D eigenvalue weighted by atomic mass is 16.6. The molecule has 2 rings (SSSR count). The Morgan fingerprint density at radius 3 is 2.28 bits per heavy atom. The lowest BCUT2D eigenvalue weighted by Gasteiger charge is -2.27. The number of amides is 1. The number of carbonyl (C=O) groups is 1. The first-order chi connectivity index (χ1) is 13.7. The molecule has 2 N–H and O–H groups in total. The molecule has 0 aliphatic carbocycles. The van der Waals surface area contributed by atoms with Crippen LogP contribution in [-0.2, 0) is 11.2 Å². The average Bonchev–Trinajstić information content (AvgIpc) is 2.69. The Balaban J connectivity index is 2.15. The van der Waals surface area contributed by atoms with Gasteiger partial charge in [-0.3, -0.25) is 0 Å². The van der Waals surface area contributed by atoms with Gasteiger partial charge in [0.05, 0.1) is 26.4 Å². The van der Waals surface area contributed by atoms with Crippen molar-refractivity contribution in [2.45, 2.75) is 51.4 Å². The molecule has 0 radical (unpaired) electrons. The monoisotopic (exact) mass is 401 g/mol. The number of hydrogen-bond acceptors (Lipinski definition) is 5. The average molecular weight is 402 g/mol. The van der Waals surface area contributed by atoms with Gasteiger partial charge in [-0.05, 0) is 56.9 Å². The van der Waals surface area contributed by atoms with Crippen molar-refractivity contribution >= 4 is 6.09 Å². The molecule has 0 aliphatic heterocycles. The Hall–Kier alpha value is -2.73. The minimum Gasteiger partial charge on any atom is -0.493 e. The van der Waals surface area contributed by atoms with Gasteiger partial charge in [-0.1, -0.05) is 36.4 Å². The van der Waals surface area contributed by atoms with Crippen LogP contribution >= 0.6 is 0 Å². The molecular formula is C23H31NO5. The fraction of sp³-hybridized carbons (Fsp3) is 0.435. The van der Waals surface area contributed by atoms with Crippen molar-refractivity contribution in [3.05, 3.63) is 59.7 Å². The summed E-state index contributed by atoms with van der Waals surface area (Å²) < 4.78 is 16.0. The molecule has 2 aromatic carbocycles. The van der Waals surface area contributed by atoms with Gasteiger partial charge >= 0.3 is 6.09 Å². The van der Waals surface area contributed by atoms with Crippen LogP contribution in [0.2, 0.25) is 0 Å². The van der Waals surface area contributed by atoms with Crippen LogP contribution in [0.4, 0.5) is 4.79 Å². The zero-order valence-electron chi connectivity index (χ0n) is 17.8. The zero-order valence-corrected chi connectivity index (χ0v) is 17.8. The lowest BCUT2D eigenvalue weighted by Crippen LogP contribution is -2.42. The molecule has 0 saturated heterocycles. The van der Waals surface area contributed by atoms with Crippen LogP contribution in [-0.4, -0.2) is 37.1 Å². The predicted molar refractivity (Wildman–Crippen MR) is 112 cm³/mol. The molecule has 158 valence electrons. The van der Waals surface area contributed by atoms with Gasteiger partial charge in [0.15, 0.2) is 11.5 Å². The van der Waals surface area contributed by atoms with Gasteiger partial charge in [-0.15, -0.1) is 0 Å². The van der Waals surface area contributed by atoms with Gasteiger partial charge in [0.25, 0.3) is 0 Å². The van der Waals surface area contributed by atoms with Crippen molar-refractivity contribution in [2.75, 3.05) is 14.2 Å². The molecule has 0 bridgehead atoms. The number of aliphatic hydroxyl groups is 1. The molecule has 1 amide bonds. The summed E-state index contributed by atoms with van der Waals surface area (Å²) in [5.41, 5.74) is 1.13. The van der Waals surface area contributed by atoms with Crippen LogP contribution < -0.4 is 14.8 Å². The third kappa shape index (κ3) is 6.98. The fourth-order valence-corrected chi connectivity index (χ4v) is 3.01. The van der Waals surface area contributed by atoms with Crippen molar-refractivity contribution in [3.63, 3.8) is 0 Å². The first-order valence-electron chi connectivity index (χ1n) is 9.67. The minimum atomic E-state index is -0.858. The van der Waals surface area contributed by atoms with E-state index in [1.807, 2.05) is 48.5 Å². The Bertz CT molecular complexity index is 786. The summed E-state index contributed by atoms with van der Waals surface area (Å²) in [5, 5.41) is 13.7. The van der Waals surface area contributed by atoms with Gasteiger partial charge in [-0.25, -0.2) is 4.79 Å². The topological polar surface area (TPSA) is 77.0 Å². The molecule has 6 nitrogen and oxygen atoms in total. The zero-order chi connectivity index (χ0) is 21.4. The van der Waals surface area contributed by atoms with Crippen LogP contribution in [0.25, 0.3) is 0 Å². The smallest absolute Gasteiger partial charge is 0.407 e. The lowest BCUT2D eigenvalue weighted by atomic mass is 9.96. The molecule has 0 heterocycles. The van der Waals surface area contributed by atoms with Gasteiger partial charge < -0.3 is 24.6 Å². The number of hydrogen-bond donors (Lipinski definition) is 2. The van der Waals surface area contributed by atoms with E-state index in [2.05, 4.69) is 5.32 Å². The molecule has 29 heavy (non-hydrogen) atoms. The quantitative estimate of drug-likeness (QED) is 0.691. The van der Waals surface area contributed by atoms with E-state index < -0.39 is 23.8 Å². The highest BCUT2D eigenvalue weighted by Crippen LogP contribution is 2.29. The first-order valence-corrected chi connectivity index (χ1v) is 9.67. The highest BCUT2D eigenvalue weighted by molar-refractivity contribution is 5.68. The number of aliphatic hydroxyl groups excluding tert-OH is 1. The summed E-state index contributed by atoms with van der Waals surface area (Å²) in [6.07, 6.45) is -0.260. The van der Waals surface area contributed by atoms with Crippen LogP contribution in [0.1, 0.15) is 44.4 Å². The Morgan fingerprint density at radius 2 is 1.69 bits per heavy atom. The minimum absolute atomic E-state index is 0.514. The second-order valence-electron chi connectivity index (χ2n) is 7.84. The number of nitrogens with one attached hydrogen (secondary N) is 1. The Kier molecular flexibility index (Phi) is 7.91. The summed E-state index contributed by atoms with van der Waals surface area (Å²) in [5.74, 6) is 1.30. The molecule has 0 unspecified atom stereocenters. The second-order valence-corrected chi connectivity index (χ2v) is 7.84. The first kappa shape index (κ1) is 22.6. The summed E-state index contributed by atoms with van der Waals surface area (Å²) in [6, 6.07) is 14.5. The standard InChI is InChI=1S/C23H31NO5/c1-23(2,3)29-22(26)24-18(21(25)17-9-7-6-8-10-17)13-11-16-12-14-19(27-4)20(15-16)28-5/h6-10,12,14-15,18,21,25H,11,13H2,1-5H3,(H,24,26)/t18-,21-/m1/s1. The van der Waals surface area contributed by atoms with E-state index in [1.165, 1.54) is 0 Å². The summed E-state index contributed by atoms with van der Waals surface area (Å²) >= 11 is 0. The Morgan fingerprint density at radius 1 is 1.03 bits per heavy atom. The summed E-state index contributed by atoms with van der Waals surface area (Å²) in [4.78, 5) is 12.3. The number of rotatable bonds is 8. The highest BCUT2D eigenvalue weighted by Gasteiger charge is 2.25. The summed E-state index contributed by atoms with van der Waals surface area (Å²) in [6.45, 7) is 5.41. The largest absolute Gasteiger partial charge is 0.493 e. The number of methoxy groups -OCH3 is 2. The molecule has 0 aliphatic rings. The van der Waals surface area contributed by atoms with Gasteiger partial charge in [0.1, 0.15) is 5.60 Å². The number of aryl methyl sites for hydroxylation is 1. The maximum atomic E-state index is 12.3. The van der Waals surface area contributed by atoms with Crippen LogP contribution in [0.5, 0.6) is 11.5 Å². The van der Waals surface area contributed by atoms with E-state index in [0.717, 1.165) is 11.1 Å². The van der Waals surface area contributed by atoms with Crippen molar-refractivity contribution in [1.29, 1.82) is 0 Å². The molecule has 2 aromatic rings.